The summed E-state index contributed by atoms with van der Waals surface area (Å²) in [6.07, 6.45) is 3.45. The van der Waals surface area contributed by atoms with Crippen LogP contribution in [0.15, 0.2) is 59.4 Å². The zero-order chi connectivity index (χ0) is 18.5. The lowest BCUT2D eigenvalue weighted by Crippen LogP contribution is -2.57. The third kappa shape index (κ3) is 4.12. The summed E-state index contributed by atoms with van der Waals surface area (Å²) in [7, 11) is 0. The number of carbonyl (C=O) groups excluding carboxylic acids is 1. The van der Waals surface area contributed by atoms with Crippen LogP contribution in [0.5, 0.6) is 0 Å². The number of rotatable bonds is 5. The van der Waals surface area contributed by atoms with Crippen LogP contribution in [0.1, 0.15) is 5.56 Å². The van der Waals surface area contributed by atoms with E-state index in [-0.39, 0.29) is 11.9 Å². The van der Waals surface area contributed by atoms with E-state index in [1.54, 1.807) is 12.4 Å². The number of carbonyl (C=O) groups is 1. The predicted molar refractivity (Wildman–Crippen MR) is 99.8 cm³/mol. The molecule has 8 nitrogen and oxygen atoms in total. The molecule has 1 aliphatic rings. The largest absolute Gasteiger partial charge is 0.351 e. The lowest BCUT2D eigenvalue weighted by molar-refractivity contribution is -0.123. The van der Waals surface area contributed by atoms with Gasteiger partial charge in [-0.15, -0.1) is 0 Å². The molecule has 0 aliphatic carbocycles. The van der Waals surface area contributed by atoms with Crippen LogP contribution in [0.4, 0.5) is 6.01 Å². The number of amides is 1. The van der Waals surface area contributed by atoms with Crippen molar-refractivity contribution in [2.75, 3.05) is 24.5 Å². The third-order valence-corrected chi connectivity index (χ3v) is 4.40. The highest BCUT2D eigenvalue weighted by atomic mass is 16.5. The normalized spacial score (nSPS) is 16.9. The number of hydrogen-bond donors (Lipinski definition) is 2. The fourth-order valence-electron chi connectivity index (χ4n) is 2.96. The number of nitrogens with one attached hydrogen (secondary N) is 2. The zero-order valence-corrected chi connectivity index (χ0v) is 14.7. The summed E-state index contributed by atoms with van der Waals surface area (Å²) in [6, 6.07) is 13.5. The maximum atomic E-state index is 12.5. The maximum Gasteiger partial charge on any atom is 0.324 e. The molecule has 8 heteroatoms. The number of hydrogen-bond acceptors (Lipinski definition) is 7. The molecule has 2 aromatic heterocycles. The Morgan fingerprint density at radius 3 is 2.96 bits per heavy atom. The third-order valence-electron chi connectivity index (χ3n) is 4.40. The molecule has 1 atom stereocenters. The molecule has 0 bridgehead atoms. The average Bonchev–Trinajstić information content (AvgIpc) is 3.24. The van der Waals surface area contributed by atoms with Crippen molar-refractivity contribution in [2.24, 2.45) is 0 Å². The number of nitrogens with zero attached hydrogens (tertiary/aromatic N) is 4. The van der Waals surface area contributed by atoms with Crippen molar-refractivity contribution < 1.29 is 9.32 Å². The fourth-order valence-corrected chi connectivity index (χ4v) is 2.96. The Hall–Kier alpha value is -3.26. The number of anilines is 1. The van der Waals surface area contributed by atoms with E-state index in [4.69, 9.17) is 4.52 Å². The molecule has 3 heterocycles. The first-order valence-corrected chi connectivity index (χ1v) is 8.84. The van der Waals surface area contributed by atoms with Crippen LogP contribution in [-0.4, -0.2) is 46.7 Å². The van der Waals surface area contributed by atoms with Gasteiger partial charge in [0.1, 0.15) is 6.04 Å². The Kier molecular flexibility index (Phi) is 5.06. The number of piperazine rings is 1. The van der Waals surface area contributed by atoms with Crippen LogP contribution < -0.4 is 15.5 Å². The average molecular weight is 364 g/mol. The Morgan fingerprint density at radius 2 is 2.15 bits per heavy atom. The van der Waals surface area contributed by atoms with Crippen molar-refractivity contribution >= 4 is 11.9 Å². The lowest BCUT2D eigenvalue weighted by atomic mass is 10.2. The molecular weight excluding hydrogens is 344 g/mol. The van der Waals surface area contributed by atoms with E-state index >= 15 is 0 Å². The van der Waals surface area contributed by atoms with Crippen LogP contribution >= 0.6 is 0 Å². The van der Waals surface area contributed by atoms with Crippen molar-refractivity contribution in [3.8, 4) is 11.4 Å². The van der Waals surface area contributed by atoms with E-state index in [2.05, 4.69) is 25.8 Å². The van der Waals surface area contributed by atoms with Gasteiger partial charge in [0, 0.05) is 44.1 Å². The van der Waals surface area contributed by atoms with Crippen molar-refractivity contribution in [1.82, 2.24) is 25.8 Å². The molecule has 1 aromatic carbocycles. The van der Waals surface area contributed by atoms with Crippen molar-refractivity contribution in [3.05, 3.63) is 60.4 Å². The van der Waals surface area contributed by atoms with Gasteiger partial charge in [-0.25, -0.2) is 0 Å². The van der Waals surface area contributed by atoms with Crippen molar-refractivity contribution in [3.63, 3.8) is 0 Å². The number of pyridine rings is 1. The standard InChI is InChI=1S/C19H20N6O2/c26-18(22-12-14-5-4-8-20-11-14)16-13-25(10-9-21-16)19-23-17(24-27-19)15-6-2-1-3-7-15/h1-8,11,16,21H,9-10,12-13H2,(H,22,26)/t16-/m1/s1. The van der Waals surface area contributed by atoms with Crippen LogP contribution in [0.3, 0.4) is 0 Å². The first-order chi connectivity index (χ1) is 13.3. The van der Waals surface area contributed by atoms with Crippen LogP contribution in [0, 0.1) is 0 Å². The second kappa shape index (κ2) is 7.96. The molecule has 1 fully saturated rings. The minimum Gasteiger partial charge on any atom is -0.351 e. The molecule has 0 saturated carbocycles. The quantitative estimate of drug-likeness (QED) is 0.703. The second-order valence-electron chi connectivity index (χ2n) is 6.30. The summed E-state index contributed by atoms with van der Waals surface area (Å²) in [5.41, 5.74) is 1.86. The van der Waals surface area contributed by atoms with Gasteiger partial charge in [0.2, 0.25) is 11.7 Å². The Morgan fingerprint density at radius 1 is 1.26 bits per heavy atom. The van der Waals surface area contributed by atoms with E-state index in [1.165, 1.54) is 0 Å². The van der Waals surface area contributed by atoms with Gasteiger partial charge in [-0.3, -0.25) is 9.78 Å². The van der Waals surface area contributed by atoms with E-state index in [0.717, 1.165) is 11.1 Å². The van der Waals surface area contributed by atoms with Gasteiger partial charge in [0.05, 0.1) is 0 Å². The first-order valence-electron chi connectivity index (χ1n) is 8.84. The molecule has 1 aliphatic heterocycles. The molecule has 1 amide bonds. The molecule has 0 spiro atoms. The van der Waals surface area contributed by atoms with E-state index in [0.29, 0.717) is 38.0 Å². The van der Waals surface area contributed by atoms with Gasteiger partial charge in [-0.1, -0.05) is 41.6 Å². The number of aromatic nitrogens is 3. The summed E-state index contributed by atoms with van der Waals surface area (Å²) in [5.74, 6) is 0.480. The van der Waals surface area contributed by atoms with Gasteiger partial charge in [0.25, 0.3) is 0 Å². The molecule has 138 valence electrons. The smallest absolute Gasteiger partial charge is 0.324 e. The molecule has 4 rings (SSSR count). The SMILES string of the molecule is O=C(NCc1cccnc1)[C@H]1CN(c2nc(-c3ccccc3)no2)CCN1. The minimum absolute atomic E-state index is 0.0636. The zero-order valence-electron chi connectivity index (χ0n) is 14.7. The van der Waals surface area contributed by atoms with E-state index < -0.39 is 0 Å². The molecular formula is C19H20N6O2. The topological polar surface area (TPSA) is 96.2 Å². The summed E-state index contributed by atoms with van der Waals surface area (Å²) in [6.45, 7) is 2.27. The predicted octanol–water partition coefficient (Wildman–Crippen LogP) is 1.23. The van der Waals surface area contributed by atoms with E-state index in [9.17, 15) is 4.79 Å². The van der Waals surface area contributed by atoms with Crippen molar-refractivity contribution in [2.45, 2.75) is 12.6 Å². The minimum atomic E-state index is -0.345. The van der Waals surface area contributed by atoms with Gasteiger partial charge in [-0.2, -0.15) is 4.98 Å². The molecule has 3 aromatic rings. The summed E-state index contributed by atoms with van der Waals surface area (Å²) in [5, 5.41) is 10.2. The van der Waals surface area contributed by atoms with Gasteiger partial charge < -0.3 is 20.1 Å². The van der Waals surface area contributed by atoms with Crippen LogP contribution in [-0.2, 0) is 11.3 Å². The van der Waals surface area contributed by atoms with Crippen molar-refractivity contribution in [1.29, 1.82) is 0 Å². The first kappa shape index (κ1) is 17.2. The second-order valence-corrected chi connectivity index (χ2v) is 6.30. The summed E-state index contributed by atoms with van der Waals surface area (Å²) in [4.78, 5) is 22.9. The molecule has 1 saturated heterocycles. The van der Waals surface area contributed by atoms with Gasteiger partial charge >= 0.3 is 6.01 Å². The highest BCUT2D eigenvalue weighted by molar-refractivity contribution is 5.82. The molecule has 0 unspecified atom stereocenters. The Labute approximate surface area is 156 Å². The highest BCUT2D eigenvalue weighted by Crippen LogP contribution is 2.20. The monoisotopic (exact) mass is 364 g/mol. The maximum absolute atomic E-state index is 12.5. The molecule has 0 radical (unpaired) electrons. The van der Waals surface area contributed by atoms with Gasteiger partial charge in [-0.05, 0) is 11.6 Å². The Balaban J connectivity index is 1.38. The van der Waals surface area contributed by atoms with E-state index in [1.807, 2.05) is 47.4 Å². The molecule has 2 N–H and O–H groups in total. The lowest BCUT2D eigenvalue weighted by Gasteiger charge is -2.31. The highest BCUT2D eigenvalue weighted by Gasteiger charge is 2.28. The number of benzene rings is 1. The summed E-state index contributed by atoms with van der Waals surface area (Å²) < 4.78 is 5.41. The van der Waals surface area contributed by atoms with Gasteiger partial charge in [0.15, 0.2) is 0 Å². The van der Waals surface area contributed by atoms with Crippen LogP contribution in [0.25, 0.3) is 11.4 Å². The molecule has 27 heavy (non-hydrogen) atoms. The Bertz CT molecular complexity index is 883. The summed E-state index contributed by atoms with van der Waals surface area (Å²) >= 11 is 0. The van der Waals surface area contributed by atoms with Crippen LogP contribution in [0.2, 0.25) is 0 Å². The fraction of sp³-hybridized carbons (Fsp3) is 0.263.